The highest BCUT2D eigenvalue weighted by Crippen LogP contribution is 2.20. The molecule has 0 aliphatic heterocycles. The summed E-state index contributed by atoms with van der Waals surface area (Å²) in [6.07, 6.45) is 0. The van der Waals surface area contributed by atoms with Crippen molar-refractivity contribution < 1.29 is 18.7 Å². The van der Waals surface area contributed by atoms with Crippen molar-refractivity contribution in [2.45, 2.75) is 13.8 Å². The number of nitrogens with one attached hydrogen (secondary N) is 2. The third-order valence-corrected chi connectivity index (χ3v) is 3.75. The van der Waals surface area contributed by atoms with E-state index in [4.69, 9.17) is 4.74 Å². The first-order chi connectivity index (χ1) is 12.0. The molecule has 0 atom stereocenters. The van der Waals surface area contributed by atoms with Gasteiger partial charge in [-0.3, -0.25) is 9.59 Å². The molecule has 0 saturated carbocycles. The van der Waals surface area contributed by atoms with Crippen LogP contribution in [-0.4, -0.2) is 31.5 Å². The third-order valence-electron chi connectivity index (χ3n) is 3.75. The molecule has 5 nitrogen and oxygen atoms in total. The van der Waals surface area contributed by atoms with Gasteiger partial charge in [0.2, 0.25) is 0 Å². The van der Waals surface area contributed by atoms with Gasteiger partial charge in [0.15, 0.2) is 6.61 Å². The number of carbonyl (C=O) groups is 2. The van der Waals surface area contributed by atoms with Crippen LogP contribution in [0.15, 0.2) is 42.5 Å². The molecule has 2 aromatic carbocycles. The van der Waals surface area contributed by atoms with Gasteiger partial charge in [0.25, 0.3) is 11.8 Å². The van der Waals surface area contributed by atoms with Crippen molar-refractivity contribution in [3.05, 3.63) is 65.0 Å². The Bertz CT molecular complexity index is 745. The number of rotatable bonds is 7. The minimum atomic E-state index is -0.396. The van der Waals surface area contributed by atoms with Crippen molar-refractivity contribution in [1.29, 1.82) is 0 Å². The highest BCUT2D eigenvalue weighted by molar-refractivity contribution is 5.94. The van der Waals surface area contributed by atoms with Gasteiger partial charge in [0.05, 0.1) is 0 Å². The van der Waals surface area contributed by atoms with Gasteiger partial charge in [-0.25, -0.2) is 4.39 Å². The maximum atomic E-state index is 12.8. The van der Waals surface area contributed by atoms with Gasteiger partial charge in [0, 0.05) is 18.7 Å². The van der Waals surface area contributed by atoms with Crippen LogP contribution in [0, 0.1) is 19.7 Å². The zero-order valence-electron chi connectivity index (χ0n) is 14.3. The summed E-state index contributed by atoms with van der Waals surface area (Å²) in [6.45, 7) is 4.38. The van der Waals surface area contributed by atoms with E-state index in [2.05, 4.69) is 10.6 Å². The molecule has 0 aliphatic rings. The van der Waals surface area contributed by atoms with Gasteiger partial charge in [-0.1, -0.05) is 12.1 Å². The Morgan fingerprint density at radius 3 is 2.40 bits per heavy atom. The fourth-order valence-electron chi connectivity index (χ4n) is 2.16. The van der Waals surface area contributed by atoms with Crippen molar-refractivity contribution in [2.75, 3.05) is 19.7 Å². The molecule has 0 fully saturated rings. The molecule has 2 aromatic rings. The number of benzene rings is 2. The first-order valence-electron chi connectivity index (χ1n) is 7.97. The second-order valence-corrected chi connectivity index (χ2v) is 5.60. The van der Waals surface area contributed by atoms with Crippen LogP contribution >= 0.6 is 0 Å². The van der Waals surface area contributed by atoms with E-state index in [0.717, 1.165) is 11.1 Å². The van der Waals surface area contributed by atoms with Crippen molar-refractivity contribution in [3.8, 4) is 5.75 Å². The van der Waals surface area contributed by atoms with Gasteiger partial charge in [0.1, 0.15) is 11.6 Å². The maximum absolute atomic E-state index is 12.8. The molecule has 0 spiro atoms. The monoisotopic (exact) mass is 344 g/mol. The van der Waals surface area contributed by atoms with Crippen molar-refractivity contribution >= 4 is 11.8 Å². The molecular weight excluding hydrogens is 323 g/mol. The van der Waals surface area contributed by atoms with E-state index in [9.17, 15) is 14.0 Å². The summed E-state index contributed by atoms with van der Waals surface area (Å²) < 4.78 is 18.3. The highest BCUT2D eigenvalue weighted by atomic mass is 19.1. The number of aryl methyl sites for hydroxylation is 1. The minimum absolute atomic E-state index is 0.0871. The Morgan fingerprint density at radius 1 is 1.00 bits per heavy atom. The van der Waals surface area contributed by atoms with E-state index < -0.39 is 5.82 Å². The molecule has 0 bridgehead atoms. The number of hydrogen-bond acceptors (Lipinski definition) is 3. The second kappa shape index (κ2) is 8.82. The standard InChI is InChI=1S/C19H21FN2O3/c1-13-4-3-5-17(14(13)2)25-12-18(23)21-10-11-22-19(24)15-6-8-16(20)9-7-15/h3-9H,10-12H2,1-2H3,(H,21,23)(H,22,24). The maximum Gasteiger partial charge on any atom is 0.258 e. The van der Waals surface area contributed by atoms with E-state index in [1.54, 1.807) is 0 Å². The Balaban J connectivity index is 1.67. The predicted molar refractivity (Wildman–Crippen MR) is 93.2 cm³/mol. The fraction of sp³-hybridized carbons (Fsp3) is 0.263. The lowest BCUT2D eigenvalue weighted by Gasteiger charge is -2.11. The van der Waals surface area contributed by atoms with Crippen LogP contribution in [0.3, 0.4) is 0 Å². The summed E-state index contributed by atoms with van der Waals surface area (Å²) in [7, 11) is 0. The van der Waals surface area contributed by atoms with Crippen LogP contribution in [0.4, 0.5) is 4.39 Å². The first-order valence-corrected chi connectivity index (χ1v) is 7.97. The summed E-state index contributed by atoms with van der Waals surface area (Å²) in [6, 6.07) is 10.9. The second-order valence-electron chi connectivity index (χ2n) is 5.60. The van der Waals surface area contributed by atoms with E-state index in [0.29, 0.717) is 11.3 Å². The summed E-state index contributed by atoms with van der Waals surface area (Å²) in [5, 5.41) is 5.31. The van der Waals surface area contributed by atoms with Crippen LogP contribution < -0.4 is 15.4 Å². The smallest absolute Gasteiger partial charge is 0.258 e. The third kappa shape index (κ3) is 5.60. The lowest BCUT2D eigenvalue weighted by molar-refractivity contribution is -0.123. The number of ether oxygens (including phenoxy) is 1. The summed E-state index contributed by atoms with van der Waals surface area (Å²) in [4.78, 5) is 23.6. The van der Waals surface area contributed by atoms with E-state index in [1.807, 2.05) is 32.0 Å². The first kappa shape index (κ1) is 18.4. The van der Waals surface area contributed by atoms with Crippen LogP contribution in [-0.2, 0) is 4.79 Å². The Morgan fingerprint density at radius 2 is 1.68 bits per heavy atom. The lowest BCUT2D eigenvalue weighted by atomic mass is 10.1. The summed E-state index contributed by atoms with van der Waals surface area (Å²) in [5.41, 5.74) is 2.47. The minimum Gasteiger partial charge on any atom is -0.483 e. The van der Waals surface area contributed by atoms with Gasteiger partial charge in [-0.05, 0) is 55.3 Å². The molecule has 0 aromatic heterocycles. The van der Waals surface area contributed by atoms with Crippen LogP contribution in [0.5, 0.6) is 5.75 Å². The summed E-state index contributed by atoms with van der Waals surface area (Å²) in [5.74, 6) is -0.301. The Kier molecular flexibility index (Phi) is 6.51. The van der Waals surface area contributed by atoms with Gasteiger partial charge in [-0.15, -0.1) is 0 Å². The number of halogens is 1. The average Bonchev–Trinajstić information content (AvgIpc) is 2.60. The van der Waals surface area contributed by atoms with Crippen molar-refractivity contribution in [3.63, 3.8) is 0 Å². The quantitative estimate of drug-likeness (QED) is 0.758. The van der Waals surface area contributed by atoms with E-state index in [-0.39, 0.29) is 31.5 Å². The lowest BCUT2D eigenvalue weighted by Crippen LogP contribution is -2.36. The molecule has 0 radical (unpaired) electrons. The molecule has 2 N–H and O–H groups in total. The molecule has 6 heteroatoms. The highest BCUT2D eigenvalue weighted by Gasteiger charge is 2.07. The Labute approximate surface area is 146 Å². The van der Waals surface area contributed by atoms with Gasteiger partial charge >= 0.3 is 0 Å². The molecule has 0 heterocycles. The number of amides is 2. The van der Waals surface area contributed by atoms with Crippen LogP contribution in [0.2, 0.25) is 0 Å². The van der Waals surface area contributed by atoms with E-state index in [1.165, 1.54) is 24.3 Å². The molecule has 132 valence electrons. The molecule has 0 aliphatic carbocycles. The fourth-order valence-corrected chi connectivity index (χ4v) is 2.16. The van der Waals surface area contributed by atoms with Crippen LogP contribution in [0.25, 0.3) is 0 Å². The largest absolute Gasteiger partial charge is 0.483 e. The zero-order valence-corrected chi connectivity index (χ0v) is 14.3. The molecule has 2 amide bonds. The predicted octanol–water partition coefficient (Wildman–Crippen LogP) is 2.37. The van der Waals surface area contributed by atoms with Crippen molar-refractivity contribution in [2.24, 2.45) is 0 Å². The molecule has 2 rings (SSSR count). The number of hydrogen-bond donors (Lipinski definition) is 2. The Hall–Kier alpha value is -2.89. The van der Waals surface area contributed by atoms with Gasteiger partial charge < -0.3 is 15.4 Å². The molecular formula is C19H21FN2O3. The average molecular weight is 344 g/mol. The SMILES string of the molecule is Cc1cccc(OCC(=O)NCCNC(=O)c2ccc(F)cc2)c1C. The van der Waals surface area contributed by atoms with Crippen LogP contribution in [0.1, 0.15) is 21.5 Å². The summed E-state index contributed by atoms with van der Waals surface area (Å²) >= 11 is 0. The molecule has 0 saturated heterocycles. The number of carbonyl (C=O) groups excluding carboxylic acids is 2. The van der Waals surface area contributed by atoms with Gasteiger partial charge in [-0.2, -0.15) is 0 Å². The molecule has 0 unspecified atom stereocenters. The topological polar surface area (TPSA) is 67.4 Å². The van der Waals surface area contributed by atoms with Crippen molar-refractivity contribution in [1.82, 2.24) is 10.6 Å². The molecule has 25 heavy (non-hydrogen) atoms. The normalized spacial score (nSPS) is 10.2. The zero-order chi connectivity index (χ0) is 18.2. The van der Waals surface area contributed by atoms with E-state index >= 15 is 0 Å².